The van der Waals surface area contributed by atoms with Crippen LogP contribution in [0.4, 0.5) is 5.13 Å². The third-order valence-electron chi connectivity index (χ3n) is 2.96. The number of anilines is 1. The Bertz CT molecular complexity index is 698. The molecule has 0 saturated carbocycles. The number of rotatable bonds is 8. The Labute approximate surface area is 145 Å². The van der Waals surface area contributed by atoms with Crippen LogP contribution in [0.3, 0.4) is 0 Å². The first-order valence-corrected chi connectivity index (χ1v) is 8.48. The SMILES string of the molecule is COC(=O)Cc1csc(N/N=C\c2ccccc2OCC(C)C)n1. The fourth-order valence-electron chi connectivity index (χ4n) is 1.79. The lowest BCUT2D eigenvalue weighted by Gasteiger charge is -2.10. The highest BCUT2D eigenvalue weighted by Crippen LogP contribution is 2.18. The van der Waals surface area contributed by atoms with Gasteiger partial charge in [-0.25, -0.2) is 4.98 Å². The molecule has 2 rings (SSSR count). The molecule has 0 unspecified atom stereocenters. The Kier molecular flexibility index (Phi) is 6.74. The first-order chi connectivity index (χ1) is 11.6. The van der Waals surface area contributed by atoms with Crippen molar-refractivity contribution in [3.05, 3.63) is 40.9 Å². The number of hydrogen-bond acceptors (Lipinski definition) is 7. The molecule has 1 aromatic heterocycles. The van der Waals surface area contributed by atoms with Gasteiger partial charge in [0, 0.05) is 10.9 Å². The van der Waals surface area contributed by atoms with Gasteiger partial charge in [0.15, 0.2) is 0 Å². The van der Waals surface area contributed by atoms with Gasteiger partial charge >= 0.3 is 5.97 Å². The van der Waals surface area contributed by atoms with Crippen LogP contribution in [0.5, 0.6) is 5.75 Å². The molecule has 0 aliphatic carbocycles. The molecule has 7 heteroatoms. The summed E-state index contributed by atoms with van der Waals surface area (Å²) in [5, 5.41) is 6.61. The minimum Gasteiger partial charge on any atom is -0.493 e. The first-order valence-electron chi connectivity index (χ1n) is 7.60. The number of hydrogen-bond donors (Lipinski definition) is 1. The third-order valence-corrected chi connectivity index (χ3v) is 3.76. The van der Waals surface area contributed by atoms with Gasteiger partial charge in [-0.15, -0.1) is 11.3 Å². The Morgan fingerprint density at radius 2 is 2.21 bits per heavy atom. The van der Waals surface area contributed by atoms with Crippen LogP contribution in [-0.2, 0) is 16.0 Å². The summed E-state index contributed by atoms with van der Waals surface area (Å²) in [6.45, 7) is 4.86. The molecule has 0 radical (unpaired) electrons. The fraction of sp³-hybridized carbons (Fsp3) is 0.353. The number of benzene rings is 1. The van der Waals surface area contributed by atoms with Crippen molar-refractivity contribution in [1.82, 2.24) is 4.98 Å². The van der Waals surface area contributed by atoms with Crippen LogP contribution in [0.15, 0.2) is 34.7 Å². The quantitative estimate of drug-likeness (QED) is 0.450. The van der Waals surface area contributed by atoms with Crippen LogP contribution in [0.1, 0.15) is 25.1 Å². The van der Waals surface area contributed by atoms with E-state index in [1.54, 1.807) is 11.6 Å². The zero-order valence-electron chi connectivity index (χ0n) is 14.0. The highest BCUT2D eigenvalue weighted by molar-refractivity contribution is 7.13. The summed E-state index contributed by atoms with van der Waals surface area (Å²) in [4.78, 5) is 15.5. The van der Waals surface area contributed by atoms with Crippen LogP contribution >= 0.6 is 11.3 Å². The Morgan fingerprint density at radius 3 is 2.96 bits per heavy atom. The highest BCUT2D eigenvalue weighted by Gasteiger charge is 2.07. The van der Waals surface area contributed by atoms with E-state index in [0.717, 1.165) is 11.3 Å². The van der Waals surface area contributed by atoms with E-state index >= 15 is 0 Å². The van der Waals surface area contributed by atoms with Gasteiger partial charge in [0.25, 0.3) is 0 Å². The summed E-state index contributed by atoms with van der Waals surface area (Å²) in [5.74, 6) is 0.936. The molecule has 0 aliphatic rings. The van der Waals surface area contributed by atoms with Crippen molar-refractivity contribution in [2.45, 2.75) is 20.3 Å². The lowest BCUT2D eigenvalue weighted by molar-refractivity contribution is -0.139. The van der Waals surface area contributed by atoms with Crippen molar-refractivity contribution < 1.29 is 14.3 Å². The summed E-state index contributed by atoms with van der Waals surface area (Å²) in [7, 11) is 1.36. The molecule has 0 atom stereocenters. The number of methoxy groups -OCH3 is 1. The number of carbonyl (C=O) groups excluding carboxylic acids is 1. The van der Waals surface area contributed by atoms with Crippen molar-refractivity contribution >= 4 is 28.7 Å². The number of carbonyl (C=O) groups is 1. The van der Waals surface area contributed by atoms with E-state index in [4.69, 9.17) is 4.74 Å². The third kappa shape index (κ3) is 5.66. The number of esters is 1. The number of thiazole rings is 1. The maximum atomic E-state index is 11.2. The van der Waals surface area contributed by atoms with E-state index in [1.807, 2.05) is 24.3 Å². The van der Waals surface area contributed by atoms with Gasteiger partial charge in [0.05, 0.1) is 32.0 Å². The van der Waals surface area contributed by atoms with E-state index in [1.165, 1.54) is 18.4 Å². The predicted molar refractivity (Wildman–Crippen MR) is 95.8 cm³/mol. The number of nitrogens with zero attached hydrogens (tertiary/aromatic N) is 2. The molecule has 128 valence electrons. The van der Waals surface area contributed by atoms with Gasteiger partial charge < -0.3 is 9.47 Å². The molecule has 0 saturated heterocycles. The van der Waals surface area contributed by atoms with E-state index in [0.29, 0.717) is 23.4 Å². The zero-order valence-corrected chi connectivity index (χ0v) is 14.8. The maximum absolute atomic E-state index is 11.2. The lowest BCUT2D eigenvalue weighted by Crippen LogP contribution is -2.06. The molecule has 1 heterocycles. The molecule has 0 spiro atoms. The molecular formula is C17H21N3O3S. The van der Waals surface area contributed by atoms with Gasteiger partial charge in [0.1, 0.15) is 5.75 Å². The number of aromatic nitrogens is 1. The smallest absolute Gasteiger partial charge is 0.311 e. The summed E-state index contributed by atoms with van der Waals surface area (Å²) in [6.07, 6.45) is 1.85. The van der Waals surface area contributed by atoms with Crippen molar-refractivity contribution in [2.75, 3.05) is 19.1 Å². The maximum Gasteiger partial charge on any atom is 0.311 e. The Hall–Kier alpha value is -2.41. The molecule has 6 nitrogen and oxygen atoms in total. The molecule has 2 aromatic rings. The first kappa shape index (κ1) is 17.9. The standard InChI is InChI=1S/C17H21N3O3S/c1-12(2)10-23-15-7-5-4-6-13(15)9-18-20-17-19-14(11-24-17)8-16(21)22-3/h4-7,9,11-12H,8,10H2,1-3H3,(H,19,20)/b18-9-. The zero-order chi connectivity index (χ0) is 17.4. The monoisotopic (exact) mass is 347 g/mol. The Morgan fingerprint density at radius 1 is 1.42 bits per heavy atom. The molecule has 0 aliphatic heterocycles. The van der Waals surface area contributed by atoms with Crippen molar-refractivity contribution in [3.63, 3.8) is 0 Å². The van der Waals surface area contributed by atoms with Crippen LogP contribution in [0.2, 0.25) is 0 Å². The van der Waals surface area contributed by atoms with E-state index in [2.05, 4.69) is 34.1 Å². The number of hydrazone groups is 1. The molecule has 1 N–H and O–H groups in total. The molecule has 1 aromatic carbocycles. The lowest BCUT2D eigenvalue weighted by atomic mass is 10.2. The van der Waals surface area contributed by atoms with Crippen LogP contribution in [0, 0.1) is 5.92 Å². The fourth-order valence-corrected chi connectivity index (χ4v) is 2.45. The number of para-hydroxylation sites is 1. The average molecular weight is 347 g/mol. The molecule has 0 amide bonds. The van der Waals surface area contributed by atoms with Gasteiger partial charge in [-0.1, -0.05) is 26.0 Å². The summed E-state index contributed by atoms with van der Waals surface area (Å²) < 4.78 is 10.4. The second-order valence-corrected chi connectivity index (χ2v) is 6.37. The minimum absolute atomic E-state index is 0.157. The van der Waals surface area contributed by atoms with Crippen molar-refractivity contribution in [2.24, 2.45) is 11.0 Å². The van der Waals surface area contributed by atoms with Crippen LogP contribution < -0.4 is 10.2 Å². The molecule has 0 bridgehead atoms. The van der Waals surface area contributed by atoms with Crippen LogP contribution in [0.25, 0.3) is 0 Å². The minimum atomic E-state index is -0.313. The van der Waals surface area contributed by atoms with Gasteiger partial charge in [-0.2, -0.15) is 5.10 Å². The summed E-state index contributed by atoms with van der Waals surface area (Å²) in [5.41, 5.74) is 4.41. The normalized spacial score (nSPS) is 11.0. The molecular weight excluding hydrogens is 326 g/mol. The molecule has 24 heavy (non-hydrogen) atoms. The highest BCUT2D eigenvalue weighted by atomic mass is 32.1. The van der Waals surface area contributed by atoms with E-state index in [-0.39, 0.29) is 12.4 Å². The average Bonchev–Trinajstić information content (AvgIpc) is 3.01. The summed E-state index contributed by atoms with van der Waals surface area (Å²) in [6, 6.07) is 7.72. The largest absolute Gasteiger partial charge is 0.493 e. The summed E-state index contributed by atoms with van der Waals surface area (Å²) >= 11 is 1.38. The number of nitrogens with one attached hydrogen (secondary N) is 1. The van der Waals surface area contributed by atoms with Gasteiger partial charge in [0.2, 0.25) is 5.13 Å². The topological polar surface area (TPSA) is 72.8 Å². The predicted octanol–water partition coefficient (Wildman–Crippen LogP) is 3.34. The molecule has 0 fully saturated rings. The second-order valence-electron chi connectivity index (χ2n) is 5.51. The van der Waals surface area contributed by atoms with E-state index < -0.39 is 0 Å². The van der Waals surface area contributed by atoms with Gasteiger partial charge in [-0.05, 0) is 18.1 Å². The van der Waals surface area contributed by atoms with Gasteiger partial charge in [-0.3, -0.25) is 10.2 Å². The van der Waals surface area contributed by atoms with E-state index in [9.17, 15) is 4.79 Å². The second kappa shape index (κ2) is 9.02. The Balaban J connectivity index is 1.95. The van der Waals surface area contributed by atoms with Crippen LogP contribution in [-0.4, -0.2) is 30.9 Å². The van der Waals surface area contributed by atoms with Crippen molar-refractivity contribution in [3.8, 4) is 5.75 Å². The van der Waals surface area contributed by atoms with Crippen molar-refractivity contribution in [1.29, 1.82) is 0 Å². The number of ether oxygens (including phenoxy) is 2.